The summed E-state index contributed by atoms with van der Waals surface area (Å²) in [4.78, 5) is 24.5. The SMILES string of the molecule is CCOC(=O)CCc1cc(OC)ccc1CCNC(=O)c1cccc(C)c1OC(C)C. The van der Waals surface area contributed by atoms with E-state index in [0.29, 0.717) is 43.7 Å². The van der Waals surface area contributed by atoms with Gasteiger partial charge in [-0.1, -0.05) is 18.2 Å². The maximum Gasteiger partial charge on any atom is 0.306 e. The van der Waals surface area contributed by atoms with Crippen molar-refractivity contribution in [2.75, 3.05) is 20.3 Å². The van der Waals surface area contributed by atoms with Crippen LogP contribution in [0.1, 0.15) is 54.2 Å². The van der Waals surface area contributed by atoms with Crippen LogP contribution >= 0.6 is 0 Å². The van der Waals surface area contributed by atoms with Crippen LogP contribution in [-0.2, 0) is 22.4 Å². The lowest BCUT2D eigenvalue weighted by atomic mass is 9.99. The average molecular weight is 428 g/mol. The number of hydrogen-bond acceptors (Lipinski definition) is 5. The van der Waals surface area contributed by atoms with Gasteiger partial charge in [-0.3, -0.25) is 9.59 Å². The van der Waals surface area contributed by atoms with E-state index in [2.05, 4.69) is 5.32 Å². The highest BCUT2D eigenvalue weighted by molar-refractivity contribution is 5.97. The Balaban J connectivity index is 2.06. The van der Waals surface area contributed by atoms with Gasteiger partial charge in [-0.25, -0.2) is 0 Å². The van der Waals surface area contributed by atoms with Gasteiger partial charge in [-0.15, -0.1) is 0 Å². The Kier molecular flexibility index (Phi) is 9.38. The smallest absolute Gasteiger partial charge is 0.306 e. The van der Waals surface area contributed by atoms with Gasteiger partial charge < -0.3 is 19.5 Å². The molecule has 0 spiro atoms. The molecule has 6 heteroatoms. The van der Waals surface area contributed by atoms with E-state index in [9.17, 15) is 9.59 Å². The fraction of sp³-hybridized carbons (Fsp3) is 0.440. The van der Waals surface area contributed by atoms with E-state index in [1.807, 2.05) is 51.1 Å². The molecule has 0 saturated heterocycles. The van der Waals surface area contributed by atoms with E-state index in [0.717, 1.165) is 22.4 Å². The third-order valence-corrected chi connectivity index (χ3v) is 4.81. The minimum absolute atomic E-state index is 0.0195. The Morgan fingerprint density at radius 3 is 2.52 bits per heavy atom. The Hall–Kier alpha value is -3.02. The topological polar surface area (TPSA) is 73.9 Å². The van der Waals surface area contributed by atoms with Crippen molar-refractivity contribution in [2.24, 2.45) is 0 Å². The number of para-hydroxylation sites is 1. The number of rotatable bonds is 11. The van der Waals surface area contributed by atoms with Crippen molar-refractivity contribution >= 4 is 11.9 Å². The molecule has 0 aliphatic rings. The summed E-state index contributed by atoms with van der Waals surface area (Å²) in [5.74, 6) is 0.971. The first-order chi connectivity index (χ1) is 14.8. The number of benzene rings is 2. The molecule has 0 radical (unpaired) electrons. The van der Waals surface area contributed by atoms with Crippen LogP contribution < -0.4 is 14.8 Å². The third kappa shape index (κ3) is 7.31. The van der Waals surface area contributed by atoms with E-state index in [1.54, 1.807) is 20.1 Å². The fourth-order valence-electron chi connectivity index (χ4n) is 3.31. The molecule has 0 fully saturated rings. The number of carbonyl (C=O) groups excluding carboxylic acids is 2. The van der Waals surface area contributed by atoms with Gasteiger partial charge in [0.05, 0.1) is 25.4 Å². The molecule has 168 valence electrons. The second-order valence-electron chi connectivity index (χ2n) is 7.56. The molecule has 31 heavy (non-hydrogen) atoms. The number of amides is 1. The molecular formula is C25H33NO5. The molecule has 0 aliphatic heterocycles. The molecule has 1 N–H and O–H groups in total. The molecule has 6 nitrogen and oxygen atoms in total. The largest absolute Gasteiger partial charge is 0.497 e. The average Bonchev–Trinajstić information content (AvgIpc) is 2.74. The van der Waals surface area contributed by atoms with Gasteiger partial charge in [-0.2, -0.15) is 0 Å². The molecule has 2 aromatic rings. The lowest BCUT2D eigenvalue weighted by Crippen LogP contribution is -2.27. The zero-order valence-electron chi connectivity index (χ0n) is 19.1. The molecule has 2 rings (SSSR count). The van der Waals surface area contributed by atoms with Crippen LogP contribution in [-0.4, -0.2) is 38.2 Å². The quantitative estimate of drug-likeness (QED) is 0.543. The van der Waals surface area contributed by atoms with Gasteiger partial charge in [0.15, 0.2) is 0 Å². The van der Waals surface area contributed by atoms with Crippen LogP contribution in [0.15, 0.2) is 36.4 Å². The molecule has 2 aromatic carbocycles. The highest BCUT2D eigenvalue weighted by atomic mass is 16.5. The van der Waals surface area contributed by atoms with Crippen molar-refractivity contribution in [1.29, 1.82) is 0 Å². The molecule has 0 heterocycles. The van der Waals surface area contributed by atoms with Crippen molar-refractivity contribution in [2.45, 2.75) is 53.1 Å². The summed E-state index contributed by atoms with van der Waals surface area (Å²) in [6.07, 6.45) is 1.48. The lowest BCUT2D eigenvalue weighted by Gasteiger charge is -2.17. The van der Waals surface area contributed by atoms with Crippen LogP contribution in [0, 0.1) is 6.92 Å². The van der Waals surface area contributed by atoms with Gasteiger partial charge >= 0.3 is 5.97 Å². The van der Waals surface area contributed by atoms with E-state index in [1.165, 1.54) is 0 Å². The van der Waals surface area contributed by atoms with Crippen LogP contribution in [0.2, 0.25) is 0 Å². The molecule has 0 unspecified atom stereocenters. The number of hydrogen-bond donors (Lipinski definition) is 1. The zero-order valence-corrected chi connectivity index (χ0v) is 19.1. The van der Waals surface area contributed by atoms with E-state index < -0.39 is 0 Å². The van der Waals surface area contributed by atoms with Gasteiger partial charge in [0.1, 0.15) is 11.5 Å². The summed E-state index contributed by atoms with van der Waals surface area (Å²) in [5.41, 5.74) is 3.54. The summed E-state index contributed by atoms with van der Waals surface area (Å²) in [7, 11) is 1.61. The number of aryl methyl sites for hydroxylation is 2. The molecular weight excluding hydrogens is 394 g/mol. The van der Waals surface area contributed by atoms with Gasteiger partial charge in [0.25, 0.3) is 5.91 Å². The predicted octanol–water partition coefficient (Wildman–Crippen LogP) is 4.26. The highest BCUT2D eigenvalue weighted by Crippen LogP contribution is 2.25. The number of nitrogens with one attached hydrogen (secondary N) is 1. The minimum atomic E-state index is -0.221. The lowest BCUT2D eigenvalue weighted by molar-refractivity contribution is -0.143. The predicted molar refractivity (Wildman–Crippen MR) is 121 cm³/mol. The second-order valence-corrected chi connectivity index (χ2v) is 7.56. The van der Waals surface area contributed by atoms with Crippen LogP contribution in [0.3, 0.4) is 0 Å². The van der Waals surface area contributed by atoms with Crippen molar-refractivity contribution < 1.29 is 23.8 Å². The molecule has 0 saturated carbocycles. The van der Waals surface area contributed by atoms with Crippen molar-refractivity contribution in [3.05, 3.63) is 58.7 Å². The Bertz CT molecular complexity index is 891. The van der Waals surface area contributed by atoms with E-state index >= 15 is 0 Å². The van der Waals surface area contributed by atoms with Crippen molar-refractivity contribution in [3.8, 4) is 11.5 Å². The second kappa shape index (κ2) is 12.0. The first-order valence-corrected chi connectivity index (χ1v) is 10.7. The fourth-order valence-corrected chi connectivity index (χ4v) is 3.31. The number of carbonyl (C=O) groups is 2. The number of methoxy groups -OCH3 is 1. The van der Waals surface area contributed by atoms with Gasteiger partial charge in [-0.05, 0) is 75.4 Å². The maximum absolute atomic E-state index is 12.8. The molecule has 0 atom stereocenters. The Labute approximate surface area is 184 Å². The zero-order chi connectivity index (χ0) is 22.8. The highest BCUT2D eigenvalue weighted by Gasteiger charge is 2.16. The van der Waals surface area contributed by atoms with Gasteiger partial charge in [0, 0.05) is 13.0 Å². The number of ether oxygens (including phenoxy) is 3. The molecule has 0 aromatic heterocycles. The monoisotopic (exact) mass is 427 g/mol. The molecule has 1 amide bonds. The first kappa shape index (κ1) is 24.3. The van der Waals surface area contributed by atoms with E-state index in [4.69, 9.17) is 14.2 Å². The standard InChI is InChI=1S/C25H33NO5/c1-6-30-23(27)13-11-20-16-21(29-5)12-10-19(20)14-15-26-25(28)22-9-7-8-18(4)24(22)31-17(2)3/h7-10,12,16-17H,6,11,13-15H2,1-5H3,(H,26,28). The Morgan fingerprint density at radius 2 is 1.84 bits per heavy atom. The summed E-state index contributed by atoms with van der Waals surface area (Å²) < 4.78 is 16.2. The summed E-state index contributed by atoms with van der Waals surface area (Å²) in [6.45, 7) is 8.44. The maximum atomic E-state index is 12.8. The number of esters is 1. The summed E-state index contributed by atoms with van der Waals surface area (Å²) in [5, 5.41) is 2.99. The van der Waals surface area contributed by atoms with Crippen LogP contribution in [0.25, 0.3) is 0 Å². The summed E-state index contributed by atoms with van der Waals surface area (Å²) in [6, 6.07) is 11.4. The van der Waals surface area contributed by atoms with Crippen LogP contribution in [0.5, 0.6) is 11.5 Å². The van der Waals surface area contributed by atoms with Crippen molar-refractivity contribution in [1.82, 2.24) is 5.32 Å². The molecule has 0 aliphatic carbocycles. The van der Waals surface area contributed by atoms with E-state index in [-0.39, 0.29) is 18.0 Å². The van der Waals surface area contributed by atoms with Crippen molar-refractivity contribution in [3.63, 3.8) is 0 Å². The summed E-state index contributed by atoms with van der Waals surface area (Å²) >= 11 is 0. The third-order valence-electron chi connectivity index (χ3n) is 4.81. The van der Waals surface area contributed by atoms with Crippen LogP contribution in [0.4, 0.5) is 0 Å². The first-order valence-electron chi connectivity index (χ1n) is 10.7. The normalized spacial score (nSPS) is 10.6. The Morgan fingerprint density at radius 1 is 1.06 bits per heavy atom. The molecule has 0 bridgehead atoms. The van der Waals surface area contributed by atoms with Gasteiger partial charge in [0.2, 0.25) is 0 Å². The minimum Gasteiger partial charge on any atom is -0.497 e.